The topological polar surface area (TPSA) is 85.6 Å². The Balaban J connectivity index is 3.04. The molecule has 7 nitrogen and oxygen atoms in total. The van der Waals surface area contributed by atoms with Crippen molar-refractivity contribution in [2.45, 2.75) is 13.8 Å². The molecule has 8 heteroatoms. The predicted octanol–water partition coefficient (Wildman–Crippen LogP) is 2.14. The van der Waals surface area contributed by atoms with Crippen LogP contribution < -0.4 is 4.90 Å². The summed E-state index contributed by atoms with van der Waals surface area (Å²) in [5, 5.41) is 11.0. The lowest BCUT2D eigenvalue weighted by molar-refractivity contribution is -0.384. The number of rotatable bonds is 6. The minimum Gasteiger partial charge on any atom is -0.465 e. The Bertz CT molecular complexity index is 481. The molecule has 0 amide bonds. The average Bonchev–Trinajstić information content (AvgIpc) is 2.36. The zero-order valence-electron chi connectivity index (χ0n) is 10.6. The van der Waals surface area contributed by atoms with Crippen molar-refractivity contribution in [1.82, 2.24) is 4.98 Å². The van der Waals surface area contributed by atoms with E-state index in [0.29, 0.717) is 11.0 Å². The Morgan fingerprint density at radius 2 is 2.26 bits per heavy atom. The fourth-order valence-corrected chi connectivity index (χ4v) is 1.82. The molecule has 1 rings (SSSR count). The lowest BCUT2D eigenvalue weighted by Crippen LogP contribution is -2.32. The van der Waals surface area contributed by atoms with Crippen LogP contribution in [0.1, 0.15) is 13.8 Å². The number of hydrogen-bond acceptors (Lipinski definition) is 6. The summed E-state index contributed by atoms with van der Waals surface area (Å²) in [4.78, 5) is 27.5. The number of halogens is 1. The summed E-state index contributed by atoms with van der Waals surface area (Å²) in [5.41, 5.74) is -0.152. The zero-order chi connectivity index (χ0) is 14.4. The van der Waals surface area contributed by atoms with Crippen LogP contribution >= 0.6 is 15.9 Å². The number of carbonyl (C=O) groups is 1. The second-order valence-electron chi connectivity index (χ2n) is 3.57. The van der Waals surface area contributed by atoms with Gasteiger partial charge in [-0.3, -0.25) is 14.9 Å². The van der Waals surface area contributed by atoms with Crippen LogP contribution in [0.3, 0.4) is 0 Å². The molecule has 0 atom stereocenters. The van der Waals surface area contributed by atoms with Crippen molar-refractivity contribution in [2.75, 3.05) is 24.6 Å². The number of anilines is 1. The van der Waals surface area contributed by atoms with Crippen molar-refractivity contribution < 1.29 is 14.5 Å². The Labute approximate surface area is 118 Å². The molecule has 0 spiro atoms. The molecule has 1 heterocycles. The minimum atomic E-state index is -0.527. The van der Waals surface area contributed by atoms with E-state index in [9.17, 15) is 14.9 Å². The molecule has 19 heavy (non-hydrogen) atoms. The first-order valence-corrected chi connectivity index (χ1v) is 6.49. The van der Waals surface area contributed by atoms with Crippen molar-refractivity contribution in [3.8, 4) is 0 Å². The van der Waals surface area contributed by atoms with Gasteiger partial charge in [0.2, 0.25) is 5.82 Å². The van der Waals surface area contributed by atoms with Gasteiger partial charge in [-0.1, -0.05) is 0 Å². The molecular weight excluding hydrogens is 318 g/mol. The molecule has 0 saturated heterocycles. The maximum Gasteiger partial charge on any atom is 0.325 e. The van der Waals surface area contributed by atoms with Crippen LogP contribution in [-0.4, -0.2) is 35.6 Å². The number of nitrogens with zero attached hydrogens (tertiary/aromatic N) is 3. The van der Waals surface area contributed by atoms with Crippen LogP contribution in [0.15, 0.2) is 16.7 Å². The highest BCUT2D eigenvalue weighted by Crippen LogP contribution is 2.28. The van der Waals surface area contributed by atoms with E-state index < -0.39 is 10.9 Å². The molecule has 0 aliphatic rings. The summed E-state index contributed by atoms with van der Waals surface area (Å²) in [7, 11) is 0. The number of carbonyl (C=O) groups excluding carboxylic acids is 1. The van der Waals surface area contributed by atoms with Gasteiger partial charge in [0, 0.05) is 23.3 Å². The number of ether oxygens (including phenoxy) is 1. The van der Waals surface area contributed by atoms with Crippen LogP contribution in [-0.2, 0) is 9.53 Å². The van der Waals surface area contributed by atoms with E-state index in [0.717, 1.165) is 0 Å². The van der Waals surface area contributed by atoms with Gasteiger partial charge in [-0.2, -0.15) is 0 Å². The second-order valence-corrected chi connectivity index (χ2v) is 4.49. The fourth-order valence-electron chi connectivity index (χ4n) is 1.50. The fraction of sp³-hybridized carbons (Fsp3) is 0.455. The van der Waals surface area contributed by atoms with Crippen molar-refractivity contribution in [1.29, 1.82) is 0 Å². The average molecular weight is 332 g/mol. The highest BCUT2D eigenvalue weighted by Gasteiger charge is 2.22. The first kappa shape index (κ1) is 15.4. The van der Waals surface area contributed by atoms with Crippen molar-refractivity contribution in [3.05, 3.63) is 26.9 Å². The number of esters is 1. The minimum absolute atomic E-state index is 0.0696. The Morgan fingerprint density at radius 1 is 1.58 bits per heavy atom. The summed E-state index contributed by atoms with van der Waals surface area (Å²) in [6, 6.07) is 1.36. The standard InChI is InChI=1S/C11H14BrN3O4/c1-3-14(7-10(16)19-4-2)11-9(15(17)18)5-8(12)6-13-11/h5-6H,3-4,7H2,1-2H3. The van der Waals surface area contributed by atoms with Crippen LogP contribution in [0.2, 0.25) is 0 Å². The molecule has 0 saturated carbocycles. The van der Waals surface area contributed by atoms with Gasteiger partial charge < -0.3 is 9.64 Å². The molecule has 0 aliphatic carbocycles. The molecule has 104 valence electrons. The summed E-state index contributed by atoms with van der Waals surface area (Å²) in [5.74, 6) is -0.285. The summed E-state index contributed by atoms with van der Waals surface area (Å²) in [6.45, 7) is 4.10. The van der Waals surface area contributed by atoms with Gasteiger partial charge in [0.05, 0.1) is 11.5 Å². The van der Waals surface area contributed by atoms with Crippen LogP contribution in [0.5, 0.6) is 0 Å². The number of pyridine rings is 1. The highest BCUT2D eigenvalue weighted by atomic mass is 79.9. The van der Waals surface area contributed by atoms with Gasteiger partial charge in [-0.05, 0) is 29.8 Å². The maximum absolute atomic E-state index is 11.5. The van der Waals surface area contributed by atoms with E-state index >= 15 is 0 Å². The predicted molar refractivity (Wildman–Crippen MR) is 73.1 cm³/mol. The second kappa shape index (κ2) is 7.03. The molecule has 0 unspecified atom stereocenters. The van der Waals surface area contributed by atoms with E-state index in [-0.39, 0.29) is 24.7 Å². The third-order valence-electron chi connectivity index (χ3n) is 2.32. The SMILES string of the molecule is CCOC(=O)CN(CC)c1ncc(Br)cc1[N+](=O)[O-]. The lowest BCUT2D eigenvalue weighted by atomic mass is 10.3. The molecular formula is C11H14BrN3O4. The summed E-state index contributed by atoms with van der Waals surface area (Å²) < 4.78 is 5.34. The van der Waals surface area contributed by atoms with Crippen LogP contribution in [0.4, 0.5) is 11.5 Å². The molecule has 0 aliphatic heterocycles. The highest BCUT2D eigenvalue weighted by molar-refractivity contribution is 9.10. The Kier molecular flexibility index (Phi) is 5.68. The third kappa shape index (κ3) is 4.16. The van der Waals surface area contributed by atoms with E-state index in [1.165, 1.54) is 17.2 Å². The number of likely N-dealkylation sites (N-methyl/N-ethyl adjacent to an activating group) is 1. The quantitative estimate of drug-likeness (QED) is 0.451. The maximum atomic E-state index is 11.5. The van der Waals surface area contributed by atoms with Gasteiger partial charge in [0.25, 0.3) is 0 Å². The van der Waals surface area contributed by atoms with E-state index in [4.69, 9.17) is 4.74 Å². The van der Waals surface area contributed by atoms with Crippen LogP contribution in [0, 0.1) is 10.1 Å². The number of aromatic nitrogens is 1. The Hall–Kier alpha value is -1.70. The molecule has 0 bridgehead atoms. The van der Waals surface area contributed by atoms with E-state index in [1.54, 1.807) is 13.8 Å². The largest absolute Gasteiger partial charge is 0.465 e. The normalized spacial score (nSPS) is 10.1. The molecule has 0 radical (unpaired) electrons. The lowest BCUT2D eigenvalue weighted by Gasteiger charge is -2.20. The molecule has 0 N–H and O–H groups in total. The van der Waals surface area contributed by atoms with Crippen LogP contribution in [0.25, 0.3) is 0 Å². The first-order valence-electron chi connectivity index (χ1n) is 5.70. The van der Waals surface area contributed by atoms with E-state index in [2.05, 4.69) is 20.9 Å². The molecule has 1 aromatic rings. The van der Waals surface area contributed by atoms with Gasteiger partial charge in [-0.25, -0.2) is 4.98 Å². The molecule has 0 fully saturated rings. The monoisotopic (exact) mass is 331 g/mol. The smallest absolute Gasteiger partial charge is 0.325 e. The molecule has 0 aromatic carbocycles. The van der Waals surface area contributed by atoms with Gasteiger partial charge in [0.1, 0.15) is 6.54 Å². The number of hydrogen-bond donors (Lipinski definition) is 0. The summed E-state index contributed by atoms with van der Waals surface area (Å²) >= 11 is 3.13. The molecule has 1 aromatic heterocycles. The Morgan fingerprint density at radius 3 is 2.79 bits per heavy atom. The zero-order valence-corrected chi connectivity index (χ0v) is 12.2. The summed E-state index contributed by atoms with van der Waals surface area (Å²) in [6.07, 6.45) is 1.45. The van der Waals surface area contributed by atoms with Crippen molar-refractivity contribution in [3.63, 3.8) is 0 Å². The van der Waals surface area contributed by atoms with Gasteiger partial charge >= 0.3 is 11.7 Å². The van der Waals surface area contributed by atoms with Gasteiger partial charge in [-0.15, -0.1) is 0 Å². The first-order chi connectivity index (χ1) is 8.99. The van der Waals surface area contributed by atoms with Crippen molar-refractivity contribution in [2.24, 2.45) is 0 Å². The van der Waals surface area contributed by atoms with E-state index in [1.807, 2.05) is 0 Å². The van der Waals surface area contributed by atoms with Crippen molar-refractivity contribution >= 4 is 33.4 Å². The number of nitro groups is 1. The van der Waals surface area contributed by atoms with Gasteiger partial charge in [0.15, 0.2) is 0 Å². The third-order valence-corrected chi connectivity index (χ3v) is 2.75.